The van der Waals surface area contributed by atoms with E-state index < -0.39 is 10.0 Å². The second kappa shape index (κ2) is 10.3. The molecular formula is C19H30N2O3S2. The Labute approximate surface area is 162 Å². The number of carbonyl (C=O) groups is 1. The van der Waals surface area contributed by atoms with E-state index in [-0.39, 0.29) is 5.91 Å². The van der Waals surface area contributed by atoms with Gasteiger partial charge < -0.3 is 5.32 Å². The topological polar surface area (TPSA) is 66.5 Å². The summed E-state index contributed by atoms with van der Waals surface area (Å²) >= 11 is 1.52. The molecule has 1 aromatic rings. The summed E-state index contributed by atoms with van der Waals surface area (Å²) in [6.07, 6.45) is 8.43. The van der Waals surface area contributed by atoms with Crippen molar-refractivity contribution in [1.29, 1.82) is 0 Å². The second-order valence-electron chi connectivity index (χ2n) is 7.04. The molecule has 0 bridgehead atoms. The fourth-order valence-electron chi connectivity index (χ4n) is 3.14. The molecule has 2 rings (SSSR count). The first kappa shape index (κ1) is 21.3. The minimum Gasteiger partial charge on any atom is -0.353 e. The molecule has 0 aromatic heterocycles. The Morgan fingerprint density at radius 1 is 1.15 bits per heavy atom. The molecule has 5 nitrogen and oxygen atoms in total. The van der Waals surface area contributed by atoms with Crippen molar-refractivity contribution in [2.75, 3.05) is 19.8 Å². The lowest BCUT2D eigenvalue weighted by atomic mass is 9.97. The summed E-state index contributed by atoms with van der Waals surface area (Å²) in [5.41, 5.74) is 0.914. The van der Waals surface area contributed by atoms with Crippen LogP contribution in [0.2, 0.25) is 0 Å². The Kier molecular flexibility index (Phi) is 8.44. The average Bonchev–Trinajstić information content (AvgIpc) is 2.57. The van der Waals surface area contributed by atoms with Gasteiger partial charge in [0.1, 0.15) is 0 Å². The monoisotopic (exact) mass is 398 g/mol. The molecule has 0 radical (unpaired) electrons. The van der Waals surface area contributed by atoms with E-state index in [0.29, 0.717) is 22.4 Å². The van der Waals surface area contributed by atoms with Gasteiger partial charge in [-0.25, -0.2) is 12.7 Å². The third-order valence-corrected chi connectivity index (χ3v) is 7.46. The van der Waals surface area contributed by atoms with E-state index in [1.165, 1.54) is 62.3 Å². The highest BCUT2D eigenvalue weighted by Crippen LogP contribution is 2.20. The number of benzene rings is 1. The molecule has 0 spiro atoms. The van der Waals surface area contributed by atoms with Gasteiger partial charge in [0, 0.05) is 25.9 Å². The maximum atomic E-state index is 12.2. The van der Waals surface area contributed by atoms with Gasteiger partial charge in [0.2, 0.25) is 15.9 Å². The van der Waals surface area contributed by atoms with E-state index >= 15 is 0 Å². The number of sulfonamides is 1. The summed E-state index contributed by atoms with van der Waals surface area (Å²) in [6, 6.07) is 7.26. The molecule has 146 valence electrons. The Bertz CT molecular complexity index is 682. The van der Waals surface area contributed by atoms with Gasteiger partial charge >= 0.3 is 0 Å². The summed E-state index contributed by atoms with van der Waals surface area (Å²) in [6.45, 7) is 0. The van der Waals surface area contributed by atoms with E-state index in [4.69, 9.17) is 0 Å². The van der Waals surface area contributed by atoms with E-state index in [0.717, 1.165) is 18.4 Å². The maximum absolute atomic E-state index is 12.2. The standard InChI is InChI=1S/C19H30N2O3S2/c1-21(2)26(23,24)18-12-8-9-16(13-18)14-25-15-19(22)20-17-10-6-4-3-5-7-11-17/h8-9,12-13,17H,3-7,10-11,14-15H2,1-2H3,(H,20,22). The first-order valence-corrected chi connectivity index (χ1v) is 11.9. The second-order valence-corrected chi connectivity index (χ2v) is 10.2. The Balaban J connectivity index is 1.81. The predicted octanol–water partition coefficient (Wildman–Crippen LogP) is 3.40. The fourth-order valence-corrected chi connectivity index (χ4v) is 4.90. The Hall–Kier alpha value is -1.05. The average molecular weight is 399 g/mol. The molecule has 1 amide bonds. The highest BCUT2D eigenvalue weighted by molar-refractivity contribution is 7.99. The van der Waals surface area contributed by atoms with Gasteiger partial charge in [-0.2, -0.15) is 0 Å². The highest BCUT2D eigenvalue weighted by Gasteiger charge is 2.17. The molecule has 1 aliphatic carbocycles. The van der Waals surface area contributed by atoms with Gasteiger partial charge in [-0.05, 0) is 30.5 Å². The van der Waals surface area contributed by atoms with Crippen molar-refractivity contribution in [3.05, 3.63) is 29.8 Å². The lowest BCUT2D eigenvalue weighted by molar-refractivity contribution is -0.119. The lowest BCUT2D eigenvalue weighted by Gasteiger charge is -2.21. The van der Waals surface area contributed by atoms with Crippen LogP contribution in [-0.2, 0) is 20.6 Å². The summed E-state index contributed by atoms with van der Waals surface area (Å²) < 4.78 is 25.6. The van der Waals surface area contributed by atoms with Crippen LogP contribution in [0.4, 0.5) is 0 Å². The van der Waals surface area contributed by atoms with Crippen LogP contribution in [-0.4, -0.2) is 44.5 Å². The smallest absolute Gasteiger partial charge is 0.242 e. The first-order chi connectivity index (χ1) is 12.4. The van der Waals surface area contributed by atoms with E-state index in [1.54, 1.807) is 18.2 Å². The fraction of sp³-hybridized carbons (Fsp3) is 0.632. The van der Waals surface area contributed by atoms with Crippen molar-refractivity contribution in [2.45, 2.75) is 61.6 Å². The van der Waals surface area contributed by atoms with Crippen LogP contribution in [0.15, 0.2) is 29.2 Å². The van der Waals surface area contributed by atoms with Crippen molar-refractivity contribution < 1.29 is 13.2 Å². The SMILES string of the molecule is CN(C)S(=O)(=O)c1cccc(CSCC(=O)NC2CCCCCCC2)c1. The first-order valence-electron chi connectivity index (χ1n) is 9.28. The normalized spacial score (nSPS) is 16.9. The zero-order valence-corrected chi connectivity index (χ0v) is 17.4. The number of nitrogens with zero attached hydrogens (tertiary/aromatic N) is 1. The number of hydrogen-bond donors (Lipinski definition) is 1. The van der Waals surface area contributed by atoms with Gasteiger partial charge in [0.05, 0.1) is 10.6 Å². The van der Waals surface area contributed by atoms with Crippen LogP contribution >= 0.6 is 11.8 Å². The molecule has 1 saturated carbocycles. The molecule has 0 saturated heterocycles. The van der Waals surface area contributed by atoms with Crippen LogP contribution in [0.3, 0.4) is 0 Å². The minimum atomic E-state index is -3.42. The number of carbonyl (C=O) groups excluding carboxylic acids is 1. The van der Waals surface area contributed by atoms with Gasteiger partial charge in [-0.15, -0.1) is 11.8 Å². The zero-order chi connectivity index (χ0) is 19.0. The van der Waals surface area contributed by atoms with Crippen LogP contribution in [0.25, 0.3) is 0 Å². The molecule has 0 atom stereocenters. The molecule has 26 heavy (non-hydrogen) atoms. The minimum absolute atomic E-state index is 0.0811. The summed E-state index contributed by atoms with van der Waals surface area (Å²) in [5, 5.41) is 3.16. The molecule has 1 fully saturated rings. The Morgan fingerprint density at radius 3 is 2.46 bits per heavy atom. The summed E-state index contributed by atoms with van der Waals surface area (Å²) in [7, 11) is -0.373. The number of hydrogen-bond acceptors (Lipinski definition) is 4. The number of amides is 1. The van der Waals surface area contributed by atoms with Gasteiger partial charge in [-0.3, -0.25) is 4.79 Å². The zero-order valence-electron chi connectivity index (χ0n) is 15.7. The maximum Gasteiger partial charge on any atom is 0.242 e. The number of thioether (sulfide) groups is 1. The largest absolute Gasteiger partial charge is 0.353 e. The highest BCUT2D eigenvalue weighted by atomic mass is 32.2. The van der Waals surface area contributed by atoms with Crippen LogP contribution < -0.4 is 5.32 Å². The molecule has 7 heteroatoms. The van der Waals surface area contributed by atoms with Crippen molar-refractivity contribution in [2.24, 2.45) is 0 Å². The van der Waals surface area contributed by atoms with Crippen LogP contribution in [0.1, 0.15) is 50.5 Å². The van der Waals surface area contributed by atoms with Crippen molar-refractivity contribution in [1.82, 2.24) is 9.62 Å². The van der Waals surface area contributed by atoms with Crippen molar-refractivity contribution in [3.63, 3.8) is 0 Å². The van der Waals surface area contributed by atoms with Gasteiger partial charge in [0.15, 0.2) is 0 Å². The third kappa shape index (κ3) is 6.59. The quantitative estimate of drug-likeness (QED) is 0.764. The van der Waals surface area contributed by atoms with E-state index in [1.807, 2.05) is 6.07 Å². The van der Waals surface area contributed by atoms with Crippen LogP contribution in [0.5, 0.6) is 0 Å². The number of rotatable bonds is 7. The van der Waals surface area contributed by atoms with Crippen LogP contribution in [0, 0.1) is 0 Å². The lowest BCUT2D eigenvalue weighted by Crippen LogP contribution is -2.36. The van der Waals surface area contributed by atoms with Crippen molar-refractivity contribution >= 4 is 27.7 Å². The molecule has 1 aromatic carbocycles. The van der Waals surface area contributed by atoms with Crippen molar-refractivity contribution in [3.8, 4) is 0 Å². The van der Waals surface area contributed by atoms with Gasteiger partial charge in [0.25, 0.3) is 0 Å². The Morgan fingerprint density at radius 2 is 1.81 bits per heavy atom. The molecule has 0 aliphatic heterocycles. The van der Waals surface area contributed by atoms with E-state index in [2.05, 4.69) is 5.32 Å². The summed E-state index contributed by atoms with van der Waals surface area (Å²) in [5.74, 6) is 1.10. The number of nitrogens with one attached hydrogen (secondary N) is 1. The molecular weight excluding hydrogens is 368 g/mol. The third-order valence-electron chi connectivity index (χ3n) is 4.65. The molecule has 0 heterocycles. The molecule has 1 aliphatic rings. The van der Waals surface area contributed by atoms with Gasteiger partial charge in [-0.1, -0.05) is 44.2 Å². The molecule has 1 N–H and O–H groups in total. The molecule has 0 unspecified atom stereocenters. The summed E-state index contributed by atoms with van der Waals surface area (Å²) in [4.78, 5) is 12.5. The predicted molar refractivity (Wildman–Crippen MR) is 108 cm³/mol. The van der Waals surface area contributed by atoms with E-state index in [9.17, 15) is 13.2 Å².